The summed E-state index contributed by atoms with van der Waals surface area (Å²) in [4.78, 5) is 11.9. The van der Waals surface area contributed by atoms with Crippen molar-refractivity contribution in [3.05, 3.63) is 27.7 Å². The van der Waals surface area contributed by atoms with Crippen LogP contribution in [0.5, 0.6) is 0 Å². The molecule has 2 rings (SSSR count). The Hall–Kier alpha value is -1.23. The molecule has 0 unspecified atom stereocenters. The van der Waals surface area contributed by atoms with Gasteiger partial charge in [-0.05, 0) is 34.1 Å². The number of amides is 1. The average molecular weight is 454 g/mol. The molecule has 0 saturated carbocycles. The molecule has 0 aliphatic rings. The van der Waals surface area contributed by atoms with Crippen LogP contribution in [0.4, 0.5) is 10.8 Å². The van der Waals surface area contributed by atoms with E-state index in [1.807, 2.05) is 0 Å². The minimum atomic E-state index is -3.92. The second-order valence-corrected chi connectivity index (χ2v) is 9.91. The van der Waals surface area contributed by atoms with Gasteiger partial charge < -0.3 is 5.32 Å². The third-order valence-electron chi connectivity index (χ3n) is 2.71. The van der Waals surface area contributed by atoms with Crippen molar-refractivity contribution in [2.75, 3.05) is 10.0 Å². The van der Waals surface area contributed by atoms with E-state index in [-0.39, 0.29) is 15.4 Å². The van der Waals surface area contributed by atoms with E-state index in [1.165, 1.54) is 6.07 Å². The van der Waals surface area contributed by atoms with E-state index in [1.54, 1.807) is 32.9 Å². The van der Waals surface area contributed by atoms with Crippen LogP contribution in [-0.4, -0.2) is 24.5 Å². The van der Waals surface area contributed by atoms with Crippen molar-refractivity contribution in [1.29, 1.82) is 0 Å². The van der Waals surface area contributed by atoms with Gasteiger partial charge in [-0.1, -0.05) is 43.7 Å². The molecule has 0 spiro atoms. The Morgan fingerprint density at radius 3 is 2.54 bits per heavy atom. The fourth-order valence-corrected chi connectivity index (χ4v) is 3.79. The summed E-state index contributed by atoms with van der Waals surface area (Å²) >= 11 is 9.93. The minimum Gasteiger partial charge on any atom is -0.300 e. The van der Waals surface area contributed by atoms with Gasteiger partial charge in [-0.15, -0.1) is 10.2 Å². The maximum absolute atomic E-state index is 12.3. The molecule has 2 aromatic rings. The minimum absolute atomic E-state index is 0.115. The van der Waals surface area contributed by atoms with E-state index < -0.39 is 15.4 Å². The van der Waals surface area contributed by atoms with Crippen molar-refractivity contribution in [2.45, 2.75) is 25.1 Å². The normalized spacial score (nSPS) is 12.0. The lowest BCUT2D eigenvalue weighted by molar-refractivity contribution is -0.123. The van der Waals surface area contributed by atoms with Gasteiger partial charge in [0.15, 0.2) is 0 Å². The lowest BCUT2D eigenvalue weighted by atomic mass is 9.96. The van der Waals surface area contributed by atoms with Crippen molar-refractivity contribution < 1.29 is 13.2 Å². The maximum Gasteiger partial charge on any atom is 0.291 e. The Bertz CT molecular complexity index is 878. The molecule has 0 fully saturated rings. The van der Waals surface area contributed by atoms with Gasteiger partial charge in [-0.2, -0.15) is 8.42 Å². The average Bonchev–Trinajstić information content (AvgIpc) is 2.91. The first-order chi connectivity index (χ1) is 11.0. The van der Waals surface area contributed by atoms with E-state index in [9.17, 15) is 13.2 Å². The third kappa shape index (κ3) is 4.65. The summed E-state index contributed by atoms with van der Waals surface area (Å²) in [6.07, 6.45) is 0. The maximum atomic E-state index is 12.3. The number of halogens is 2. The topological polar surface area (TPSA) is 101 Å². The second-order valence-electron chi connectivity index (χ2n) is 5.81. The number of aromatic nitrogens is 2. The lowest BCUT2D eigenvalue weighted by Gasteiger charge is -2.15. The Kier molecular flexibility index (Phi) is 5.53. The Balaban J connectivity index is 2.18. The number of sulfonamides is 1. The number of anilines is 2. The molecular formula is C13H14BrClN4O3S2. The van der Waals surface area contributed by atoms with Crippen molar-refractivity contribution in [1.82, 2.24) is 10.2 Å². The zero-order chi connectivity index (χ0) is 18.1. The second kappa shape index (κ2) is 6.95. The number of nitrogens with zero attached hydrogens (tertiary/aromatic N) is 2. The van der Waals surface area contributed by atoms with Crippen molar-refractivity contribution in [3.8, 4) is 0 Å². The predicted molar refractivity (Wildman–Crippen MR) is 98.0 cm³/mol. The number of carbonyl (C=O) groups excluding carboxylic acids is 1. The highest BCUT2D eigenvalue weighted by molar-refractivity contribution is 9.10. The van der Waals surface area contributed by atoms with Crippen LogP contribution in [0, 0.1) is 5.41 Å². The molecule has 0 saturated heterocycles. The van der Waals surface area contributed by atoms with E-state index in [0.29, 0.717) is 15.2 Å². The van der Waals surface area contributed by atoms with E-state index in [0.717, 1.165) is 11.3 Å². The first-order valence-corrected chi connectivity index (χ1v) is 10.1. The van der Waals surface area contributed by atoms with Crippen LogP contribution in [0.1, 0.15) is 20.8 Å². The molecule has 0 aliphatic carbocycles. The number of carbonyl (C=O) groups is 1. The standard InChI is InChI=1S/C13H14BrClN4O3S2/c1-13(2,3)10(20)16-11-17-18-12(23-11)24(21,22)19-7-4-5-8(14)9(15)6-7/h4-6,19H,1-3H3,(H,16,17,20). The van der Waals surface area contributed by atoms with Gasteiger partial charge in [0.1, 0.15) is 0 Å². The number of hydrogen-bond donors (Lipinski definition) is 2. The predicted octanol–water partition coefficient (Wildman–Crippen LogP) is 3.74. The molecule has 130 valence electrons. The van der Waals surface area contributed by atoms with Crippen LogP contribution in [0.25, 0.3) is 0 Å². The van der Waals surface area contributed by atoms with E-state index in [4.69, 9.17) is 11.6 Å². The number of nitrogens with one attached hydrogen (secondary N) is 2. The van der Waals surface area contributed by atoms with Crippen LogP contribution in [0.2, 0.25) is 5.02 Å². The summed E-state index contributed by atoms with van der Waals surface area (Å²) in [7, 11) is -3.92. The van der Waals surface area contributed by atoms with Crippen molar-refractivity contribution in [3.63, 3.8) is 0 Å². The Morgan fingerprint density at radius 1 is 1.29 bits per heavy atom. The molecule has 0 radical (unpaired) electrons. The molecule has 1 aromatic heterocycles. The molecule has 0 aliphatic heterocycles. The number of rotatable bonds is 4. The van der Waals surface area contributed by atoms with Gasteiger partial charge >= 0.3 is 0 Å². The molecule has 1 aromatic carbocycles. The molecule has 11 heteroatoms. The fraction of sp³-hybridized carbons (Fsp3) is 0.308. The molecule has 1 amide bonds. The zero-order valence-corrected chi connectivity index (χ0v) is 16.9. The van der Waals surface area contributed by atoms with E-state index >= 15 is 0 Å². The molecule has 0 bridgehead atoms. The first-order valence-electron chi connectivity index (χ1n) is 6.62. The quantitative estimate of drug-likeness (QED) is 0.687. The molecule has 1 heterocycles. The van der Waals surface area contributed by atoms with Gasteiger partial charge in [-0.25, -0.2) is 0 Å². The highest BCUT2D eigenvalue weighted by atomic mass is 79.9. The monoisotopic (exact) mass is 452 g/mol. The van der Waals surface area contributed by atoms with Crippen LogP contribution in [0.15, 0.2) is 27.0 Å². The van der Waals surface area contributed by atoms with Gasteiger partial charge in [-0.3, -0.25) is 9.52 Å². The Labute approximate surface area is 157 Å². The van der Waals surface area contributed by atoms with Gasteiger partial charge in [0.05, 0.1) is 10.7 Å². The zero-order valence-electron chi connectivity index (χ0n) is 12.9. The molecule has 2 N–H and O–H groups in total. The molecule has 0 atom stereocenters. The van der Waals surface area contributed by atoms with Crippen molar-refractivity contribution in [2.24, 2.45) is 5.41 Å². The number of hydrogen-bond acceptors (Lipinski definition) is 6. The van der Waals surface area contributed by atoms with Gasteiger partial charge in [0.25, 0.3) is 14.4 Å². The smallest absolute Gasteiger partial charge is 0.291 e. The fourth-order valence-electron chi connectivity index (χ4n) is 1.41. The summed E-state index contributed by atoms with van der Waals surface area (Å²) in [6.45, 7) is 5.21. The highest BCUT2D eigenvalue weighted by Crippen LogP contribution is 2.28. The van der Waals surface area contributed by atoms with Crippen molar-refractivity contribution >= 4 is 65.6 Å². The SMILES string of the molecule is CC(C)(C)C(=O)Nc1nnc(S(=O)(=O)Nc2ccc(Br)c(Cl)c2)s1. The molecular weight excluding hydrogens is 440 g/mol. The molecule has 7 nitrogen and oxygen atoms in total. The van der Waals surface area contributed by atoms with Gasteiger partial charge in [0.2, 0.25) is 11.0 Å². The molecule has 24 heavy (non-hydrogen) atoms. The third-order valence-corrected chi connectivity index (χ3v) is 6.53. The van der Waals surface area contributed by atoms with Crippen LogP contribution >= 0.6 is 38.9 Å². The summed E-state index contributed by atoms with van der Waals surface area (Å²) < 4.78 is 27.4. The first kappa shape index (κ1) is 19.1. The Morgan fingerprint density at radius 2 is 1.96 bits per heavy atom. The van der Waals surface area contributed by atoms with Crippen LogP contribution < -0.4 is 10.0 Å². The summed E-state index contributed by atoms with van der Waals surface area (Å²) in [5.41, 5.74) is -0.337. The van der Waals surface area contributed by atoms with Crippen LogP contribution in [-0.2, 0) is 14.8 Å². The summed E-state index contributed by atoms with van der Waals surface area (Å²) in [5.74, 6) is -0.282. The summed E-state index contributed by atoms with van der Waals surface area (Å²) in [6, 6.07) is 4.64. The highest BCUT2D eigenvalue weighted by Gasteiger charge is 2.25. The largest absolute Gasteiger partial charge is 0.300 e. The van der Waals surface area contributed by atoms with E-state index in [2.05, 4.69) is 36.2 Å². The van der Waals surface area contributed by atoms with Gasteiger partial charge in [0, 0.05) is 9.89 Å². The van der Waals surface area contributed by atoms with Crippen LogP contribution in [0.3, 0.4) is 0 Å². The number of benzene rings is 1. The summed E-state index contributed by atoms with van der Waals surface area (Å²) in [5, 5.41) is 10.3. The lowest BCUT2D eigenvalue weighted by Crippen LogP contribution is -2.27.